The van der Waals surface area contributed by atoms with E-state index in [2.05, 4.69) is 48.0 Å². The van der Waals surface area contributed by atoms with E-state index >= 15 is 0 Å². The minimum atomic E-state index is 1.12. The van der Waals surface area contributed by atoms with Gasteiger partial charge in [0.1, 0.15) is 0 Å². The highest BCUT2D eigenvalue weighted by Crippen LogP contribution is 2.27. The lowest BCUT2D eigenvalue weighted by molar-refractivity contribution is 0.895. The van der Waals surface area contributed by atoms with Crippen molar-refractivity contribution in [3.05, 3.63) is 28.2 Å². The Balaban J connectivity index is 2.65. The van der Waals surface area contributed by atoms with Gasteiger partial charge >= 0.3 is 0 Å². The van der Waals surface area contributed by atoms with Gasteiger partial charge in [0.2, 0.25) is 0 Å². The normalized spacial score (nSPS) is 10.5. The van der Waals surface area contributed by atoms with E-state index < -0.39 is 0 Å². The summed E-state index contributed by atoms with van der Waals surface area (Å²) in [4.78, 5) is 1.45. The first kappa shape index (κ1) is 12.1. The largest absolute Gasteiger partial charge is 0.126 e. The fraction of sp³-hybridized carbons (Fsp3) is 0.500. The van der Waals surface area contributed by atoms with Crippen molar-refractivity contribution in [2.75, 3.05) is 5.75 Å². The third-order valence-electron chi connectivity index (χ3n) is 2.16. The summed E-state index contributed by atoms with van der Waals surface area (Å²) in [5.74, 6) is 1.24. The maximum Gasteiger partial charge on any atom is 0.0178 e. The van der Waals surface area contributed by atoms with Crippen LogP contribution in [0.5, 0.6) is 0 Å². The second kappa shape index (κ2) is 6.52. The third kappa shape index (κ3) is 3.66. The van der Waals surface area contributed by atoms with Crippen LogP contribution in [-0.2, 0) is 6.42 Å². The number of aryl methyl sites for hydroxylation is 1. The molecular formula is C12H17BrS. The Labute approximate surface area is 99.6 Å². The van der Waals surface area contributed by atoms with Crippen LogP contribution in [0.25, 0.3) is 0 Å². The number of hydrogen-bond donors (Lipinski definition) is 0. The zero-order valence-corrected chi connectivity index (χ0v) is 11.2. The van der Waals surface area contributed by atoms with Gasteiger partial charge in [0.15, 0.2) is 0 Å². The number of rotatable bonds is 5. The molecule has 0 fully saturated rings. The van der Waals surface area contributed by atoms with Crippen LogP contribution < -0.4 is 0 Å². The lowest BCUT2D eigenvalue weighted by atomic mass is 10.2. The van der Waals surface area contributed by atoms with E-state index in [1.807, 2.05) is 11.8 Å². The quantitative estimate of drug-likeness (QED) is 0.543. The molecule has 0 spiro atoms. The summed E-state index contributed by atoms with van der Waals surface area (Å²) in [6.45, 7) is 4.45. The molecule has 0 saturated heterocycles. The van der Waals surface area contributed by atoms with E-state index in [9.17, 15) is 0 Å². The topological polar surface area (TPSA) is 0 Å². The highest BCUT2D eigenvalue weighted by atomic mass is 79.9. The van der Waals surface area contributed by atoms with Gasteiger partial charge < -0.3 is 0 Å². The van der Waals surface area contributed by atoms with Crippen molar-refractivity contribution in [3.63, 3.8) is 0 Å². The van der Waals surface area contributed by atoms with E-state index in [-0.39, 0.29) is 0 Å². The molecule has 0 radical (unpaired) electrons. The van der Waals surface area contributed by atoms with Crippen molar-refractivity contribution in [1.29, 1.82) is 0 Å². The maximum absolute atomic E-state index is 3.51. The van der Waals surface area contributed by atoms with E-state index in [0.717, 1.165) is 6.42 Å². The maximum atomic E-state index is 3.51. The van der Waals surface area contributed by atoms with Gasteiger partial charge in [-0.2, -0.15) is 0 Å². The standard InChI is InChI=1S/C12H17BrS/c1-3-5-8-14-12-7-6-11(13)9-10(12)4-2/h6-7,9H,3-5,8H2,1-2H3. The summed E-state index contributed by atoms with van der Waals surface area (Å²) in [5.41, 5.74) is 1.46. The highest BCUT2D eigenvalue weighted by molar-refractivity contribution is 9.10. The number of thioether (sulfide) groups is 1. The molecule has 0 amide bonds. The van der Waals surface area contributed by atoms with Crippen LogP contribution in [0.4, 0.5) is 0 Å². The first-order valence-electron chi connectivity index (χ1n) is 5.19. The molecule has 1 aromatic carbocycles. The van der Waals surface area contributed by atoms with Gasteiger partial charge in [-0.3, -0.25) is 0 Å². The van der Waals surface area contributed by atoms with E-state index in [1.165, 1.54) is 33.5 Å². The average Bonchev–Trinajstić information content (AvgIpc) is 2.20. The van der Waals surface area contributed by atoms with Crippen molar-refractivity contribution >= 4 is 27.7 Å². The zero-order valence-electron chi connectivity index (χ0n) is 8.85. The number of unbranched alkanes of at least 4 members (excludes halogenated alkanes) is 1. The van der Waals surface area contributed by atoms with Crippen LogP contribution in [0.1, 0.15) is 32.3 Å². The van der Waals surface area contributed by atoms with Crippen LogP contribution >= 0.6 is 27.7 Å². The van der Waals surface area contributed by atoms with Crippen molar-refractivity contribution in [3.8, 4) is 0 Å². The molecule has 0 unspecified atom stereocenters. The fourth-order valence-electron chi connectivity index (χ4n) is 1.29. The summed E-state index contributed by atoms with van der Waals surface area (Å²) in [7, 11) is 0. The zero-order chi connectivity index (χ0) is 10.4. The summed E-state index contributed by atoms with van der Waals surface area (Å²) >= 11 is 5.49. The Kier molecular flexibility index (Phi) is 5.64. The van der Waals surface area contributed by atoms with Crippen molar-refractivity contribution < 1.29 is 0 Å². The number of benzene rings is 1. The van der Waals surface area contributed by atoms with Crippen LogP contribution in [0.3, 0.4) is 0 Å². The molecule has 0 N–H and O–H groups in total. The molecule has 0 aliphatic heterocycles. The molecule has 0 aliphatic carbocycles. The van der Waals surface area contributed by atoms with Crippen LogP contribution in [0, 0.1) is 0 Å². The molecule has 78 valence electrons. The van der Waals surface area contributed by atoms with E-state index in [0.29, 0.717) is 0 Å². The van der Waals surface area contributed by atoms with Gasteiger partial charge in [0.25, 0.3) is 0 Å². The lowest BCUT2D eigenvalue weighted by Crippen LogP contribution is -1.87. The smallest absolute Gasteiger partial charge is 0.0178 e. The molecule has 0 heterocycles. The number of hydrogen-bond acceptors (Lipinski definition) is 1. The van der Waals surface area contributed by atoms with Gasteiger partial charge in [-0.1, -0.05) is 36.2 Å². The van der Waals surface area contributed by atoms with Gasteiger partial charge in [-0.25, -0.2) is 0 Å². The van der Waals surface area contributed by atoms with Crippen LogP contribution in [0.15, 0.2) is 27.6 Å². The minimum Gasteiger partial charge on any atom is -0.126 e. The molecule has 0 aliphatic rings. The van der Waals surface area contributed by atoms with Crippen LogP contribution in [-0.4, -0.2) is 5.75 Å². The Bertz CT molecular complexity index is 284. The molecule has 0 aromatic heterocycles. The monoisotopic (exact) mass is 272 g/mol. The number of halogens is 1. The first-order valence-corrected chi connectivity index (χ1v) is 6.97. The minimum absolute atomic E-state index is 1.12. The molecule has 2 heteroatoms. The van der Waals surface area contributed by atoms with Crippen molar-refractivity contribution in [1.82, 2.24) is 0 Å². The van der Waals surface area contributed by atoms with E-state index in [4.69, 9.17) is 0 Å². The van der Waals surface area contributed by atoms with Gasteiger partial charge in [0.05, 0.1) is 0 Å². The molecular weight excluding hydrogens is 256 g/mol. The molecule has 0 saturated carbocycles. The first-order chi connectivity index (χ1) is 6.77. The average molecular weight is 273 g/mol. The van der Waals surface area contributed by atoms with Crippen molar-refractivity contribution in [2.45, 2.75) is 38.0 Å². The van der Waals surface area contributed by atoms with Crippen LogP contribution in [0.2, 0.25) is 0 Å². The summed E-state index contributed by atoms with van der Waals surface area (Å²) in [5, 5.41) is 0. The summed E-state index contributed by atoms with van der Waals surface area (Å²) in [6, 6.07) is 6.59. The lowest BCUT2D eigenvalue weighted by Gasteiger charge is -2.07. The Hall–Kier alpha value is 0.0500. The molecule has 14 heavy (non-hydrogen) atoms. The third-order valence-corrected chi connectivity index (χ3v) is 3.85. The van der Waals surface area contributed by atoms with E-state index in [1.54, 1.807) is 0 Å². The molecule has 1 rings (SSSR count). The molecule has 0 bridgehead atoms. The van der Waals surface area contributed by atoms with Crippen molar-refractivity contribution in [2.24, 2.45) is 0 Å². The van der Waals surface area contributed by atoms with Gasteiger partial charge in [0, 0.05) is 9.37 Å². The molecule has 0 nitrogen and oxygen atoms in total. The SMILES string of the molecule is CCCCSc1ccc(Br)cc1CC. The fourth-order valence-corrected chi connectivity index (χ4v) is 2.91. The molecule has 0 atom stereocenters. The molecule has 1 aromatic rings. The summed E-state index contributed by atoms with van der Waals surface area (Å²) < 4.78 is 1.19. The Morgan fingerprint density at radius 1 is 1.29 bits per heavy atom. The predicted molar refractivity (Wildman–Crippen MR) is 69.2 cm³/mol. The van der Waals surface area contributed by atoms with Gasteiger partial charge in [-0.05, 0) is 42.4 Å². The summed E-state index contributed by atoms with van der Waals surface area (Å²) in [6.07, 6.45) is 3.71. The Morgan fingerprint density at radius 3 is 2.71 bits per heavy atom. The second-order valence-corrected chi connectivity index (χ2v) is 5.36. The highest BCUT2D eigenvalue weighted by Gasteiger charge is 2.01. The Morgan fingerprint density at radius 2 is 2.07 bits per heavy atom. The predicted octanol–water partition coefficient (Wildman–Crippen LogP) is 4.90. The second-order valence-electron chi connectivity index (χ2n) is 3.31. The van der Waals surface area contributed by atoms with Gasteiger partial charge in [-0.15, -0.1) is 11.8 Å².